The van der Waals surface area contributed by atoms with E-state index in [4.69, 9.17) is 5.73 Å². The van der Waals surface area contributed by atoms with Gasteiger partial charge in [-0.25, -0.2) is 0 Å². The third-order valence-corrected chi connectivity index (χ3v) is 5.94. The van der Waals surface area contributed by atoms with Gasteiger partial charge in [-0.15, -0.1) is 11.3 Å². The highest BCUT2D eigenvalue weighted by atomic mass is 32.1. The van der Waals surface area contributed by atoms with Crippen LogP contribution in [0.3, 0.4) is 0 Å². The predicted molar refractivity (Wildman–Crippen MR) is 91.1 cm³/mol. The summed E-state index contributed by atoms with van der Waals surface area (Å²) < 4.78 is 2.49. The number of nitrogens with zero attached hydrogens (tertiary/aromatic N) is 1. The Morgan fingerprint density at radius 3 is 2.62 bits per heavy atom. The first-order chi connectivity index (χ1) is 9.77. The topological polar surface area (TPSA) is 30.9 Å². The van der Waals surface area contributed by atoms with Crippen molar-refractivity contribution in [1.29, 1.82) is 0 Å². The average molecular weight is 302 g/mol. The fourth-order valence-electron chi connectivity index (χ4n) is 3.61. The summed E-state index contributed by atoms with van der Waals surface area (Å²) in [6.45, 7) is 12.3. The second-order valence-corrected chi connectivity index (χ2v) is 8.72. The van der Waals surface area contributed by atoms with E-state index in [2.05, 4.69) is 51.3 Å². The van der Waals surface area contributed by atoms with Crippen molar-refractivity contribution in [2.75, 3.05) is 0 Å². The van der Waals surface area contributed by atoms with E-state index in [1.54, 1.807) is 0 Å². The van der Waals surface area contributed by atoms with Crippen LogP contribution >= 0.6 is 11.3 Å². The Labute approximate surface area is 132 Å². The second kappa shape index (κ2) is 4.99. The van der Waals surface area contributed by atoms with Crippen LogP contribution in [-0.2, 0) is 13.0 Å². The van der Waals surface area contributed by atoms with Gasteiger partial charge in [-0.1, -0.05) is 13.8 Å². The van der Waals surface area contributed by atoms with Gasteiger partial charge in [0.05, 0.1) is 6.54 Å². The highest BCUT2D eigenvalue weighted by Gasteiger charge is 2.33. The van der Waals surface area contributed by atoms with Crippen molar-refractivity contribution in [3.8, 4) is 0 Å². The van der Waals surface area contributed by atoms with Crippen LogP contribution in [0.25, 0.3) is 0 Å². The lowest BCUT2D eigenvalue weighted by Gasteiger charge is -2.34. The molecule has 0 amide bonds. The highest BCUT2D eigenvalue weighted by Crippen LogP contribution is 2.41. The van der Waals surface area contributed by atoms with Crippen LogP contribution in [0, 0.1) is 26.2 Å². The Hall–Kier alpha value is -1.06. The van der Waals surface area contributed by atoms with Gasteiger partial charge in [-0.3, -0.25) is 0 Å². The molecule has 1 atom stereocenters. The molecule has 1 unspecified atom stereocenters. The smallest absolute Gasteiger partial charge is 0.0569 e. The third-order valence-electron chi connectivity index (χ3n) is 4.80. The van der Waals surface area contributed by atoms with E-state index in [1.165, 1.54) is 32.3 Å². The van der Waals surface area contributed by atoms with Crippen molar-refractivity contribution < 1.29 is 0 Å². The lowest BCUT2D eigenvalue weighted by molar-refractivity contribution is 0.276. The van der Waals surface area contributed by atoms with Crippen LogP contribution in [-0.4, -0.2) is 4.57 Å². The molecule has 3 heteroatoms. The van der Waals surface area contributed by atoms with Crippen LogP contribution in [0.15, 0.2) is 12.1 Å². The highest BCUT2D eigenvalue weighted by molar-refractivity contribution is 7.12. The van der Waals surface area contributed by atoms with E-state index < -0.39 is 0 Å². The molecule has 0 radical (unpaired) electrons. The van der Waals surface area contributed by atoms with Gasteiger partial charge in [0.1, 0.15) is 0 Å². The first-order valence-corrected chi connectivity index (χ1v) is 8.59. The molecule has 1 aliphatic carbocycles. The van der Waals surface area contributed by atoms with Gasteiger partial charge in [-0.05, 0) is 62.3 Å². The maximum absolute atomic E-state index is 6.42. The largest absolute Gasteiger partial charge is 0.343 e. The number of thiophene rings is 1. The molecular weight excluding hydrogens is 276 g/mol. The number of hydrogen-bond acceptors (Lipinski definition) is 2. The van der Waals surface area contributed by atoms with Crippen molar-refractivity contribution in [2.45, 2.75) is 60.0 Å². The molecule has 0 bridgehead atoms. The Balaban J connectivity index is 2.00. The summed E-state index contributed by atoms with van der Waals surface area (Å²) in [6, 6.07) is 4.83. The standard InChI is InChI=1S/C18H26N2S/c1-11-6-14(21-13(11)3)10-20-12(2)7-15-16(19)8-18(4,5)9-17(15)20/h6-7,16H,8-10,19H2,1-5H3. The summed E-state index contributed by atoms with van der Waals surface area (Å²) in [5.41, 5.74) is 12.3. The summed E-state index contributed by atoms with van der Waals surface area (Å²) >= 11 is 1.92. The first-order valence-electron chi connectivity index (χ1n) is 7.77. The van der Waals surface area contributed by atoms with Crippen molar-refractivity contribution in [1.82, 2.24) is 4.57 Å². The van der Waals surface area contributed by atoms with Gasteiger partial charge in [0, 0.05) is 27.2 Å². The minimum absolute atomic E-state index is 0.190. The van der Waals surface area contributed by atoms with Crippen LogP contribution < -0.4 is 5.73 Å². The Bertz CT molecular complexity index is 656. The molecule has 3 rings (SSSR count). The van der Waals surface area contributed by atoms with Gasteiger partial charge in [-0.2, -0.15) is 0 Å². The predicted octanol–water partition coefficient (Wildman–Crippen LogP) is 4.50. The SMILES string of the molecule is Cc1cc(Cn2c(C)cc3c2CC(C)(C)CC3N)sc1C. The average Bonchev–Trinajstić information content (AvgIpc) is 2.82. The molecule has 114 valence electrons. The summed E-state index contributed by atoms with van der Waals surface area (Å²) in [6.07, 6.45) is 2.22. The lowest BCUT2D eigenvalue weighted by Crippen LogP contribution is -2.30. The molecule has 2 heterocycles. The molecule has 0 saturated carbocycles. The molecule has 2 aromatic rings. The third kappa shape index (κ3) is 2.69. The number of fused-ring (bicyclic) bond motifs is 1. The fourth-order valence-corrected chi connectivity index (χ4v) is 4.65. The van der Waals surface area contributed by atoms with Crippen molar-refractivity contribution >= 4 is 11.3 Å². The van der Waals surface area contributed by atoms with E-state index in [9.17, 15) is 0 Å². The van der Waals surface area contributed by atoms with Crippen molar-refractivity contribution in [2.24, 2.45) is 11.1 Å². The number of aryl methyl sites for hydroxylation is 3. The zero-order valence-electron chi connectivity index (χ0n) is 13.8. The normalized spacial score (nSPS) is 20.6. The molecule has 21 heavy (non-hydrogen) atoms. The summed E-state index contributed by atoms with van der Waals surface area (Å²) in [4.78, 5) is 2.88. The van der Waals surface area contributed by atoms with Crippen LogP contribution in [0.1, 0.15) is 58.6 Å². The molecule has 0 saturated heterocycles. The molecule has 2 nitrogen and oxygen atoms in total. The van der Waals surface area contributed by atoms with E-state index >= 15 is 0 Å². The maximum Gasteiger partial charge on any atom is 0.0569 e. The molecule has 0 fully saturated rings. The number of rotatable bonds is 2. The van der Waals surface area contributed by atoms with E-state index in [-0.39, 0.29) is 6.04 Å². The number of hydrogen-bond donors (Lipinski definition) is 1. The second-order valence-electron chi connectivity index (χ2n) is 7.38. The van der Waals surface area contributed by atoms with E-state index in [1.807, 2.05) is 11.3 Å². The van der Waals surface area contributed by atoms with Gasteiger partial charge in [0.2, 0.25) is 0 Å². The minimum atomic E-state index is 0.190. The number of nitrogens with two attached hydrogens (primary N) is 1. The molecule has 0 spiro atoms. The first kappa shape index (κ1) is 14.9. The lowest BCUT2D eigenvalue weighted by atomic mass is 9.74. The summed E-state index contributed by atoms with van der Waals surface area (Å²) in [5, 5.41) is 0. The molecule has 1 aliphatic rings. The van der Waals surface area contributed by atoms with Crippen molar-refractivity contribution in [3.05, 3.63) is 44.4 Å². The quantitative estimate of drug-likeness (QED) is 0.870. The summed E-state index contributed by atoms with van der Waals surface area (Å²) in [7, 11) is 0. The molecule has 0 aromatic carbocycles. The molecule has 0 aliphatic heterocycles. The Morgan fingerprint density at radius 1 is 1.29 bits per heavy atom. The van der Waals surface area contributed by atoms with Crippen LogP contribution in [0.5, 0.6) is 0 Å². The Morgan fingerprint density at radius 2 is 2.00 bits per heavy atom. The van der Waals surface area contributed by atoms with Gasteiger partial charge < -0.3 is 10.3 Å². The summed E-state index contributed by atoms with van der Waals surface area (Å²) in [5.74, 6) is 0. The van der Waals surface area contributed by atoms with Crippen molar-refractivity contribution in [3.63, 3.8) is 0 Å². The fraction of sp³-hybridized carbons (Fsp3) is 0.556. The molecular formula is C18H26N2S. The zero-order valence-corrected chi connectivity index (χ0v) is 14.6. The van der Waals surface area contributed by atoms with Crippen LogP contribution in [0.4, 0.5) is 0 Å². The van der Waals surface area contributed by atoms with E-state index in [0.29, 0.717) is 5.41 Å². The van der Waals surface area contributed by atoms with Crippen LogP contribution in [0.2, 0.25) is 0 Å². The number of aromatic nitrogens is 1. The van der Waals surface area contributed by atoms with Gasteiger partial charge >= 0.3 is 0 Å². The monoisotopic (exact) mass is 302 g/mol. The molecule has 2 aromatic heterocycles. The Kier molecular flexibility index (Phi) is 3.53. The maximum atomic E-state index is 6.42. The van der Waals surface area contributed by atoms with Gasteiger partial charge in [0.15, 0.2) is 0 Å². The molecule has 2 N–H and O–H groups in total. The van der Waals surface area contributed by atoms with Gasteiger partial charge in [0.25, 0.3) is 0 Å². The zero-order chi connectivity index (χ0) is 15.4. The minimum Gasteiger partial charge on any atom is -0.343 e. The van der Waals surface area contributed by atoms with E-state index in [0.717, 1.165) is 19.4 Å².